The highest BCUT2D eigenvalue weighted by Crippen LogP contribution is 2.36. The zero-order valence-electron chi connectivity index (χ0n) is 16.9. The van der Waals surface area contributed by atoms with E-state index in [1.165, 1.54) is 18.2 Å². The van der Waals surface area contributed by atoms with Crippen LogP contribution in [0.25, 0.3) is 0 Å². The molecule has 0 bridgehead atoms. The molecule has 3 rings (SSSR count). The Hall–Kier alpha value is -2.24. The van der Waals surface area contributed by atoms with Crippen LogP contribution in [0, 0.1) is 12.8 Å². The van der Waals surface area contributed by atoms with Crippen LogP contribution < -0.4 is 15.4 Å². The SMILES string of the molecule is C=C(NCC1CCN(C(=O)c2ccccc2PC(F)(F)F)C1)Oc1cc(Cl)ccc1C. The number of nitrogens with zero attached hydrogens (tertiary/aromatic N) is 1. The maximum absolute atomic E-state index is 12.9. The molecule has 166 valence electrons. The molecule has 1 aliphatic rings. The zero-order chi connectivity index (χ0) is 22.6. The number of amides is 1. The van der Waals surface area contributed by atoms with Gasteiger partial charge in [0.2, 0.25) is 0 Å². The first-order chi connectivity index (χ1) is 14.6. The molecule has 1 aliphatic heterocycles. The van der Waals surface area contributed by atoms with Gasteiger partial charge in [-0.25, -0.2) is 0 Å². The Kier molecular flexibility index (Phi) is 7.50. The lowest BCUT2D eigenvalue weighted by Gasteiger charge is -2.20. The van der Waals surface area contributed by atoms with E-state index in [1.807, 2.05) is 13.0 Å². The normalized spacial score (nSPS) is 16.7. The Labute approximate surface area is 186 Å². The number of hydrogen-bond acceptors (Lipinski definition) is 3. The fourth-order valence-corrected chi connectivity index (χ4v) is 4.37. The number of likely N-dealkylation sites (tertiary alicyclic amines) is 1. The van der Waals surface area contributed by atoms with E-state index in [0.717, 1.165) is 12.0 Å². The molecule has 1 N–H and O–H groups in total. The van der Waals surface area contributed by atoms with Gasteiger partial charge in [-0.15, -0.1) is 0 Å². The second-order valence-electron chi connectivity index (χ2n) is 7.39. The summed E-state index contributed by atoms with van der Waals surface area (Å²) in [6, 6.07) is 11.3. The van der Waals surface area contributed by atoms with Crippen LogP contribution in [0.1, 0.15) is 22.3 Å². The minimum absolute atomic E-state index is 0.0280. The smallest absolute Gasteiger partial charge is 0.406 e. The van der Waals surface area contributed by atoms with E-state index in [1.54, 1.807) is 23.1 Å². The lowest BCUT2D eigenvalue weighted by atomic mass is 10.1. The second-order valence-corrected chi connectivity index (χ2v) is 9.18. The topological polar surface area (TPSA) is 41.6 Å². The average Bonchev–Trinajstić information content (AvgIpc) is 3.17. The molecule has 0 saturated carbocycles. The van der Waals surface area contributed by atoms with Gasteiger partial charge >= 0.3 is 5.92 Å². The number of rotatable bonds is 7. The van der Waals surface area contributed by atoms with E-state index in [2.05, 4.69) is 11.9 Å². The first-order valence-electron chi connectivity index (χ1n) is 9.72. The summed E-state index contributed by atoms with van der Waals surface area (Å²) < 4.78 is 44.3. The van der Waals surface area contributed by atoms with Gasteiger partial charge in [-0.2, -0.15) is 13.2 Å². The number of halogens is 4. The summed E-state index contributed by atoms with van der Waals surface area (Å²) in [4.78, 5) is 14.4. The Morgan fingerprint density at radius 2 is 2.06 bits per heavy atom. The van der Waals surface area contributed by atoms with E-state index in [-0.39, 0.29) is 22.7 Å². The molecule has 2 unspecified atom stereocenters. The van der Waals surface area contributed by atoms with Crippen molar-refractivity contribution in [2.24, 2.45) is 5.92 Å². The van der Waals surface area contributed by atoms with Gasteiger partial charge in [0.25, 0.3) is 5.91 Å². The van der Waals surface area contributed by atoms with Crippen LogP contribution in [0.15, 0.2) is 54.9 Å². The molecule has 1 saturated heterocycles. The van der Waals surface area contributed by atoms with Crippen molar-refractivity contribution >= 4 is 31.4 Å². The first kappa shape index (κ1) is 23.4. The molecule has 0 aromatic heterocycles. The molecule has 4 nitrogen and oxygen atoms in total. The Morgan fingerprint density at radius 3 is 2.81 bits per heavy atom. The molecule has 2 aromatic carbocycles. The van der Waals surface area contributed by atoms with Gasteiger partial charge < -0.3 is 15.0 Å². The van der Waals surface area contributed by atoms with Crippen molar-refractivity contribution in [1.29, 1.82) is 0 Å². The van der Waals surface area contributed by atoms with Crippen molar-refractivity contribution in [3.8, 4) is 5.75 Å². The van der Waals surface area contributed by atoms with Gasteiger partial charge in [-0.05, 0) is 54.9 Å². The van der Waals surface area contributed by atoms with Crippen molar-refractivity contribution in [2.75, 3.05) is 19.6 Å². The van der Waals surface area contributed by atoms with Gasteiger partial charge in [0.05, 0.1) is 0 Å². The van der Waals surface area contributed by atoms with Crippen LogP contribution in [0.5, 0.6) is 5.75 Å². The summed E-state index contributed by atoms with van der Waals surface area (Å²) >= 11 is 5.99. The van der Waals surface area contributed by atoms with Crippen molar-refractivity contribution in [3.05, 3.63) is 71.1 Å². The molecule has 1 amide bonds. The summed E-state index contributed by atoms with van der Waals surface area (Å²) in [5.74, 6) is -3.58. The van der Waals surface area contributed by atoms with E-state index >= 15 is 0 Å². The molecular formula is C22H23ClF3N2O2P. The third kappa shape index (κ3) is 6.62. The van der Waals surface area contributed by atoms with Crippen LogP contribution in [0.2, 0.25) is 5.02 Å². The Morgan fingerprint density at radius 1 is 1.32 bits per heavy atom. The van der Waals surface area contributed by atoms with Crippen molar-refractivity contribution < 1.29 is 22.7 Å². The predicted molar refractivity (Wildman–Crippen MR) is 118 cm³/mol. The standard InChI is InChI=1S/C22H23ClF3N2O2P/c1-14-7-8-17(23)11-19(14)30-15(2)27-12-16-9-10-28(13-16)21(29)18-5-3-4-6-20(18)31-22(24,25)26/h3-8,11,16,27,31H,2,9-10,12-13H2,1H3. The van der Waals surface area contributed by atoms with E-state index < -0.39 is 14.5 Å². The molecule has 31 heavy (non-hydrogen) atoms. The van der Waals surface area contributed by atoms with Gasteiger partial charge in [0.15, 0.2) is 5.88 Å². The highest BCUT2D eigenvalue weighted by molar-refractivity contribution is 7.48. The van der Waals surface area contributed by atoms with E-state index in [0.29, 0.717) is 36.3 Å². The minimum Gasteiger partial charge on any atom is -0.442 e. The number of hydrogen-bond donors (Lipinski definition) is 1. The van der Waals surface area contributed by atoms with Crippen LogP contribution in [0.4, 0.5) is 13.2 Å². The van der Waals surface area contributed by atoms with E-state index in [9.17, 15) is 18.0 Å². The van der Waals surface area contributed by atoms with Crippen molar-refractivity contribution in [1.82, 2.24) is 10.2 Å². The average molecular weight is 471 g/mol. The van der Waals surface area contributed by atoms with Crippen LogP contribution in [-0.4, -0.2) is 36.4 Å². The maximum atomic E-state index is 12.9. The Bertz CT molecular complexity index is 968. The first-order valence-corrected chi connectivity index (χ1v) is 11.1. The lowest BCUT2D eigenvalue weighted by molar-refractivity contribution is -0.0359. The molecule has 2 aromatic rings. The summed E-state index contributed by atoms with van der Waals surface area (Å²) in [6.07, 6.45) is 0.742. The van der Waals surface area contributed by atoms with Gasteiger partial charge in [0, 0.05) is 38.8 Å². The predicted octanol–water partition coefficient (Wildman–Crippen LogP) is 5.07. The molecule has 0 radical (unpaired) electrons. The molecule has 0 aliphatic carbocycles. The molecule has 1 heterocycles. The largest absolute Gasteiger partial charge is 0.442 e. The molecule has 1 fully saturated rings. The quantitative estimate of drug-likeness (QED) is 0.453. The van der Waals surface area contributed by atoms with Gasteiger partial charge in [-0.1, -0.05) is 35.9 Å². The highest BCUT2D eigenvalue weighted by atomic mass is 35.5. The number of carbonyl (C=O) groups is 1. The minimum atomic E-state index is -4.34. The lowest BCUT2D eigenvalue weighted by Crippen LogP contribution is -2.33. The van der Waals surface area contributed by atoms with Crippen LogP contribution >= 0.6 is 20.2 Å². The maximum Gasteiger partial charge on any atom is 0.406 e. The second kappa shape index (κ2) is 9.92. The van der Waals surface area contributed by atoms with Crippen molar-refractivity contribution in [2.45, 2.75) is 19.3 Å². The molecule has 2 atom stereocenters. The van der Waals surface area contributed by atoms with Crippen LogP contribution in [0.3, 0.4) is 0 Å². The summed E-state index contributed by atoms with van der Waals surface area (Å²) in [5, 5.41) is 3.70. The van der Waals surface area contributed by atoms with Crippen LogP contribution in [-0.2, 0) is 0 Å². The Balaban J connectivity index is 1.54. The van der Waals surface area contributed by atoms with E-state index in [4.69, 9.17) is 16.3 Å². The molecular weight excluding hydrogens is 448 g/mol. The number of alkyl halides is 3. The third-order valence-corrected chi connectivity index (χ3v) is 6.20. The fraction of sp³-hybridized carbons (Fsp3) is 0.318. The summed E-state index contributed by atoms with van der Waals surface area (Å²) in [6.45, 7) is 7.25. The number of nitrogens with one attached hydrogen (secondary N) is 1. The zero-order valence-corrected chi connectivity index (χ0v) is 18.7. The molecule has 9 heteroatoms. The number of carbonyl (C=O) groups excluding carboxylic acids is 1. The fourth-order valence-electron chi connectivity index (χ4n) is 3.40. The number of aryl methyl sites for hydroxylation is 1. The third-order valence-electron chi connectivity index (χ3n) is 4.98. The number of ether oxygens (including phenoxy) is 1. The number of benzene rings is 2. The molecule has 0 spiro atoms. The monoisotopic (exact) mass is 470 g/mol. The highest BCUT2D eigenvalue weighted by Gasteiger charge is 2.32. The van der Waals surface area contributed by atoms with Gasteiger partial charge in [0.1, 0.15) is 5.75 Å². The van der Waals surface area contributed by atoms with Gasteiger partial charge in [-0.3, -0.25) is 4.79 Å². The van der Waals surface area contributed by atoms with Crippen molar-refractivity contribution in [3.63, 3.8) is 0 Å². The summed E-state index contributed by atoms with van der Waals surface area (Å²) in [5.41, 5.74) is 1.04. The summed E-state index contributed by atoms with van der Waals surface area (Å²) in [7, 11) is -1.40.